The number of carbonyl (C=O) groups is 1. The number of hydrogen-bond donors (Lipinski definition) is 2. The van der Waals surface area contributed by atoms with Crippen molar-refractivity contribution in [2.75, 3.05) is 13.6 Å². The van der Waals surface area contributed by atoms with E-state index in [0.717, 1.165) is 12.8 Å². The van der Waals surface area contributed by atoms with Crippen LogP contribution in [0.4, 0.5) is 0 Å². The number of aliphatic hydroxyl groups excluding tert-OH is 1. The van der Waals surface area contributed by atoms with Crippen molar-refractivity contribution in [1.82, 2.24) is 4.90 Å². The summed E-state index contributed by atoms with van der Waals surface area (Å²) in [5, 5.41) is 9.02. The molecular weight excluding hydrogens is 156 g/mol. The second-order valence-electron chi connectivity index (χ2n) is 3.69. The van der Waals surface area contributed by atoms with E-state index in [0.29, 0.717) is 6.54 Å². The van der Waals surface area contributed by atoms with Gasteiger partial charge >= 0.3 is 0 Å². The first kappa shape index (κ1) is 9.48. The molecule has 0 heterocycles. The summed E-state index contributed by atoms with van der Waals surface area (Å²) in [5.41, 5.74) is 5.09. The summed E-state index contributed by atoms with van der Waals surface area (Å²) in [6.07, 6.45) is 1.06. The van der Waals surface area contributed by atoms with Gasteiger partial charge in [-0.15, -0.1) is 0 Å². The number of likely N-dealkylation sites (N-methyl/N-ethyl adjacent to an activating group) is 1. The zero-order chi connectivity index (χ0) is 9.35. The van der Waals surface area contributed by atoms with Crippen LogP contribution < -0.4 is 5.73 Å². The molecule has 1 amide bonds. The fourth-order valence-electron chi connectivity index (χ4n) is 1.21. The Morgan fingerprint density at radius 1 is 1.75 bits per heavy atom. The molecule has 0 bridgehead atoms. The zero-order valence-electron chi connectivity index (χ0n) is 7.58. The maximum atomic E-state index is 11.5. The largest absolute Gasteiger partial charge is 0.392 e. The van der Waals surface area contributed by atoms with Crippen LogP contribution in [0.2, 0.25) is 0 Å². The highest BCUT2D eigenvalue weighted by molar-refractivity contribution is 5.88. The van der Waals surface area contributed by atoms with Gasteiger partial charge in [0.25, 0.3) is 0 Å². The second kappa shape index (κ2) is 3.03. The quantitative estimate of drug-likeness (QED) is 0.592. The van der Waals surface area contributed by atoms with Gasteiger partial charge in [0.05, 0.1) is 11.6 Å². The fraction of sp³-hybridized carbons (Fsp3) is 0.875. The summed E-state index contributed by atoms with van der Waals surface area (Å²) >= 11 is 0. The van der Waals surface area contributed by atoms with Gasteiger partial charge in [0, 0.05) is 13.6 Å². The van der Waals surface area contributed by atoms with E-state index in [1.54, 1.807) is 14.0 Å². The van der Waals surface area contributed by atoms with Crippen LogP contribution in [0, 0.1) is 0 Å². The molecule has 1 unspecified atom stereocenters. The van der Waals surface area contributed by atoms with Crippen molar-refractivity contribution in [2.45, 2.75) is 31.4 Å². The van der Waals surface area contributed by atoms with Crippen molar-refractivity contribution in [2.24, 2.45) is 5.73 Å². The topological polar surface area (TPSA) is 66.6 Å². The van der Waals surface area contributed by atoms with E-state index in [-0.39, 0.29) is 5.91 Å². The molecule has 4 heteroatoms. The zero-order valence-corrected chi connectivity index (χ0v) is 7.58. The number of nitrogens with zero attached hydrogens (tertiary/aromatic N) is 1. The van der Waals surface area contributed by atoms with Crippen molar-refractivity contribution < 1.29 is 9.90 Å². The Morgan fingerprint density at radius 2 is 2.25 bits per heavy atom. The number of hydrogen-bond acceptors (Lipinski definition) is 3. The van der Waals surface area contributed by atoms with Crippen LogP contribution in [0.25, 0.3) is 0 Å². The molecule has 0 aromatic carbocycles. The molecule has 0 aromatic rings. The molecule has 1 aliphatic carbocycles. The van der Waals surface area contributed by atoms with E-state index < -0.39 is 11.6 Å². The van der Waals surface area contributed by atoms with Crippen molar-refractivity contribution in [1.29, 1.82) is 0 Å². The van der Waals surface area contributed by atoms with Crippen LogP contribution in [0.5, 0.6) is 0 Å². The maximum absolute atomic E-state index is 11.5. The highest BCUT2D eigenvalue weighted by Gasteiger charge is 2.47. The first-order valence-corrected chi connectivity index (χ1v) is 4.18. The second-order valence-corrected chi connectivity index (χ2v) is 3.69. The van der Waals surface area contributed by atoms with Crippen LogP contribution in [-0.4, -0.2) is 41.1 Å². The molecule has 70 valence electrons. The van der Waals surface area contributed by atoms with Gasteiger partial charge in [-0.2, -0.15) is 0 Å². The Kier molecular flexibility index (Phi) is 2.39. The van der Waals surface area contributed by atoms with E-state index >= 15 is 0 Å². The number of rotatable bonds is 3. The first-order valence-electron chi connectivity index (χ1n) is 4.18. The minimum absolute atomic E-state index is 0.0524. The number of nitrogens with two attached hydrogens (primary N) is 1. The van der Waals surface area contributed by atoms with Crippen LogP contribution in [0.1, 0.15) is 19.8 Å². The summed E-state index contributed by atoms with van der Waals surface area (Å²) in [5.74, 6) is -0.0524. The summed E-state index contributed by atoms with van der Waals surface area (Å²) in [6.45, 7) is 2.01. The van der Waals surface area contributed by atoms with Crippen LogP contribution in [0.15, 0.2) is 0 Å². The molecule has 12 heavy (non-hydrogen) atoms. The van der Waals surface area contributed by atoms with Crippen molar-refractivity contribution in [3.05, 3.63) is 0 Å². The maximum Gasteiger partial charge on any atom is 0.242 e. The lowest BCUT2D eigenvalue weighted by Gasteiger charge is -2.21. The van der Waals surface area contributed by atoms with Crippen LogP contribution >= 0.6 is 0 Å². The predicted octanol–water partition coefficient (Wildman–Crippen LogP) is -0.683. The molecular formula is C8H16N2O2. The minimum Gasteiger partial charge on any atom is -0.392 e. The average Bonchev–Trinajstić information content (AvgIpc) is 2.66. The SMILES string of the molecule is CC(O)CN(C)C(=O)C1(N)CC1. The molecule has 1 atom stereocenters. The van der Waals surface area contributed by atoms with Gasteiger partial charge in [0.15, 0.2) is 0 Å². The van der Waals surface area contributed by atoms with Crippen molar-refractivity contribution in [3.63, 3.8) is 0 Å². The van der Waals surface area contributed by atoms with E-state index in [2.05, 4.69) is 0 Å². The average molecular weight is 172 g/mol. The van der Waals surface area contributed by atoms with E-state index in [1.807, 2.05) is 0 Å². The Morgan fingerprint density at radius 3 is 2.58 bits per heavy atom. The predicted molar refractivity (Wildman–Crippen MR) is 45.5 cm³/mol. The van der Waals surface area contributed by atoms with Crippen LogP contribution in [0.3, 0.4) is 0 Å². The number of carbonyl (C=O) groups excluding carboxylic acids is 1. The number of aliphatic hydroxyl groups is 1. The van der Waals surface area contributed by atoms with Gasteiger partial charge < -0.3 is 15.7 Å². The van der Waals surface area contributed by atoms with E-state index in [9.17, 15) is 4.79 Å². The molecule has 3 N–H and O–H groups in total. The first-order chi connectivity index (χ1) is 5.46. The molecule has 1 saturated carbocycles. The van der Waals surface area contributed by atoms with Crippen molar-refractivity contribution in [3.8, 4) is 0 Å². The molecule has 0 radical (unpaired) electrons. The molecule has 4 nitrogen and oxygen atoms in total. The third kappa shape index (κ3) is 1.95. The smallest absolute Gasteiger partial charge is 0.242 e. The van der Waals surface area contributed by atoms with E-state index in [4.69, 9.17) is 10.8 Å². The summed E-state index contributed by atoms with van der Waals surface area (Å²) in [4.78, 5) is 13.0. The number of amides is 1. The third-order valence-corrected chi connectivity index (χ3v) is 2.10. The Labute approximate surface area is 72.3 Å². The van der Waals surface area contributed by atoms with E-state index in [1.165, 1.54) is 4.90 Å². The highest BCUT2D eigenvalue weighted by atomic mass is 16.3. The molecule has 1 fully saturated rings. The standard InChI is InChI=1S/C8H16N2O2/c1-6(11)5-10(2)7(12)8(9)3-4-8/h6,11H,3-5,9H2,1-2H3. The highest BCUT2D eigenvalue weighted by Crippen LogP contribution is 2.33. The Hall–Kier alpha value is -0.610. The van der Waals surface area contributed by atoms with Crippen LogP contribution in [-0.2, 0) is 4.79 Å². The molecule has 0 aliphatic heterocycles. The lowest BCUT2D eigenvalue weighted by Crippen LogP contribution is -2.45. The molecule has 0 spiro atoms. The lowest BCUT2D eigenvalue weighted by atomic mass is 10.2. The fourth-order valence-corrected chi connectivity index (χ4v) is 1.21. The normalized spacial score (nSPS) is 21.7. The van der Waals surface area contributed by atoms with Gasteiger partial charge in [-0.1, -0.05) is 0 Å². The molecule has 1 aliphatic rings. The molecule has 0 aromatic heterocycles. The van der Waals surface area contributed by atoms with Gasteiger partial charge in [-0.3, -0.25) is 4.79 Å². The Bertz CT molecular complexity index is 187. The summed E-state index contributed by atoms with van der Waals surface area (Å²) in [7, 11) is 1.67. The Balaban J connectivity index is 2.42. The van der Waals surface area contributed by atoms with Gasteiger partial charge in [-0.05, 0) is 19.8 Å². The van der Waals surface area contributed by atoms with Gasteiger partial charge in [0.2, 0.25) is 5.91 Å². The third-order valence-electron chi connectivity index (χ3n) is 2.10. The molecule has 1 rings (SSSR count). The molecule has 0 saturated heterocycles. The van der Waals surface area contributed by atoms with Gasteiger partial charge in [-0.25, -0.2) is 0 Å². The van der Waals surface area contributed by atoms with Gasteiger partial charge in [0.1, 0.15) is 0 Å². The lowest BCUT2D eigenvalue weighted by molar-refractivity contribution is -0.133. The van der Waals surface area contributed by atoms with Crippen molar-refractivity contribution >= 4 is 5.91 Å². The monoisotopic (exact) mass is 172 g/mol. The minimum atomic E-state index is -0.607. The summed E-state index contributed by atoms with van der Waals surface area (Å²) < 4.78 is 0. The summed E-state index contributed by atoms with van der Waals surface area (Å²) in [6, 6.07) is 0.